The van der Waals surface area contributed by atoms with Crippen molar-refractivity contribution in [2.75, 3.05) is 6.61 Å². The number of benzene rings is 1. The van der Waals surface area contributed by atoms with E-state index in [1.165, 1.54) is 0 Å². The molecular weight excluding hydrogens is 216 g/mol. The molecule has 1 aliphatic rings. The molecule has 3 nitrogen and oxygen atoms in total. The Balaban J connectivity index is 2.44. The topological polar surface area (TPSA) is 46.5 Å². The third kappa shape index (κ3) is 1.52. The van der Waals surface area contributed by atoms with Crippen molar-refractivity contribution >= 4 is 17.6 Å². The van der Waals surface area contributed by atoms with Gasteiger partial charge in [-0.1, -0.05) is 23.7 Å². The number of aliphatic hydroxyl groups is 1. The smallest absolute Gasteiger partial charge is 0.319 e. The molecule has 1 aromatic carbocycles. The van der Waals surface area contributed by atoms with Crippen molar-refractivity contribution in [3.05, 3.63) is 34.9 Å². The van der Waals surface area contributed by atoms with E-state index in [1.54, 1.807) is 31.2 Å². The minimum Gasteiger partial charge on any atom is -0.462 e. The SMILES string of the molecule is C[C@@]1(c2ccc(Cl)cc2)C(=O)OCC1O. The maximum atomic E-state index is 11.6. The van der Waals surface area contributed by atoms with Crippen molar-refractivity contribution in [1.29, 1.82) is 0 Å². The van der Waals surface area contributed by atoms with Gasteiger partial charge in [0.2, 0.25) is 0 Å². The zero-order chi connectivity index (χ0) is 11.1. The second kappa shape index (κ2) is 3.51. The van der Waals surface area contributed by atoms with E-state index in [9.17, 15) is 9.90 Å². The van der Waals surface area contributed by atoms with Crippen molar-refractivity contribution in [2.24, 2.45) is 0 Å². The average Bonchev–Trinajstić information content (AvgIpc) is 2.48. The molecule has 0 amide bonds. The maximum Gasteiger partial charge on any atom is 0.319 e. The second-order valence-electron chi connectivity index (χ2n) is 3.82. The van der Waals surface area contributed by atoms with E-state index in [0.29, 0.717) is 5.02 Å². The molecule has 0 spiro atoms. The molecule has 0 aliphatic carbocycles. The van der Waals surface area contributed by atoms with Gasteiger partial charge in [0.25, 0.3) is 0 Å². The fourth-order valence-electron chi connectivity index (χ4n) is 1.71. The van der Waals surface area contributed by atoms with Crippen LogP contribution in [0.4, 0.5) is 0 Å². The Morgan fingerprint density at radius 2 is 2.07 bits per heavy atom. The predicted molar refractivity (Wildman–Crippen MR) is 55.8 cm³/mol. The first-order chi connectivity index (χ1) is 7.05. The number of hydrogen-bond donors (Lipinski definition) is 1. The molecule has 1 heterocycles. The van der Waals surface area contributed by atoms with Gasteiger partial charge >= 0.3 is 5.97 Å². The molecule has 1 fully saturated rings. The van der Waals surface area contributed by atoms with E-state index < -0.39 is 17.5 Å². The van der Waals surface area contributed by atoms with Crippen molar-refractivity contribution in [2.45, 2.75) is 18.4 Å². The summed E-state index contributed by atoms with van der Waals surface area (Å²) in [6.07, 6.45) is -0.800. The third-order valence-electron chi connectivity index (χ3n) is 2.91. The lowest BCUT2D eigenvalue weighted by Crippen LogP contribution is -2.38. The van der Waals surface area contributed by atoms with Crippen LogP contribution in [-0.2, 0) is 14.9 Å². The molecular formula is C11H11ClO3. The number of esters is 1. The second-order valence-corrected chi connectivity index (χ2v) is 4.26. The number of hydrogen-bond acceptors (Lipinski definition) is 3. The molecule has 0 radical (unpaired) electrons. The van der Waals surface area contributed by atoms with Crippen molar-refractivity contribution in [3.63, 3.8) is 0 Å². The maximum absolute atomic E-state index is 11.6. The summed E-state index contributed by atoms with van der Waals surface area (Å²) in [6, 6.07) is 6.86. The fourth-order valence-corrected chi connectivity index (χ4v) is 1.84. The molecule has 80 valence electrons. The number of carbonyl (C=O) groups is 1. The standard InChI is InChI=1S/C11H11ClO3/c1-11(9(13)6-15-10(11)14)7-2-4-8(12)5-3-7/h2-5,9,13H,6H2,1H3/t9?,11-/m0/s1. The van der Waals surface area contributed by atoms with Gasteiger partial charge in [-0.2, -0.15) is 0 Å². The van der Waals surface area contributed by atoms with E-state index >= 15 is 0 Å². The largest absolute Gasteiger partial charge is 0.462 e. The Morgan fingerprint density at radius 3 is 2.53 bits per heavy atom. The summed E-state index contributed by atoms with van der Waals surface area (Å²) >= 11 is 5.76. The monoisotopic (exact) mass is 226 g/mol. The molecule has 1 saturated heterocycles. The average molecular weight is 227 g/mol. The Bertz CT molecular complexity index is 387. The lowest BCUT2D eigenvalue weighted by Gasteiger charge is -2.23. The molecule has 1 aliphatic heterocycles. The highest BCUT2D eigenvalue weighted by Crippen LogP contribution is 2.34. The van der Waals surface area contributed by atoms with Gasteiger partial charge < -0.3 is 9.84 Å². The van der Waals surface area contributed by atoms with Gasteiger partial charge in [-0.25, -0.2) is 0 Å². The fraction of sp³-hybridized carbons (Fsp3) is 0.364. The van der Waals surface area contributed by atoms with E-state index in [0.717, 1.165) is 5.56 Å². The number of rotatable bonds is 1. The van der Waals surface area contributed by atoms with E-state index in [1.807, 2.05) is 0 Å². The van der Waals surface area contributed by atoms with Gasteiger partial charge in [0.1, 0.15) is 18.1 Å². The molecule has 0 aromatic heterocycles. The van der Waals surface area contributed by atoms with Crippen molar-refractivity contribution in [1.82, 2.24) is 0 Å². The molecule has 2 rings (SSSR count). The van der Waals surface area contributed by atoms with Crippen LogP contribution in [0, 0.1) is 0 Å². The zero-order valence-electron chi connectivity index (χ0n) is 8.24. The van der Waals surface area contributed by atoms with Crippen LogP contribution in [-0.4, -0.2) is 23.8 Å². The van der Waals surface area contributed by atoms with E-state index in [-0.39, 0.29) is 6.61 Å². The molecule has 0 bridgehead atoms. The van der Waals surface area contributed by atoms with Gasteiger partial charge in [0.05, 0.1) is 0 Å². The van der Waals surface area contributed by atoms with Crippen LogP contribution < -0.4 is 0 Å². The summed E-state index contributed by atoms with van der Waals surface area (Å²) in [4.78, 5) is 11.6. The first-order valence-electron chi connectivity index (χ1n) is 4.66. The van der Waals surface area contributed by atoms with Gasteiger partial charge in [0.15, 0.2) is 0 Å². The quantitative estimate of drug-likeness (QED) is 0.739. The van der Waals surface area contributed by atoms with Gasteiger partial charge in [-0.15, -0.1) is 0 Å². The summed E-state index contributed by atoms with van der Waals surface area (Å²) in [6.45, 7) is 1.73. The minimum atomic E-state index is -0.968. The van der Waals surface area contributed by atoms with Crippen LogP contribution in [0.5, 0.6) is 0 Å². The molecule has 1 N–H and O–H groups in total. The number of aliphatic hydroxyl groups excluding tert-OH is 1. The van der Waals surface area contributed by atoms with Gasteiger partial charge in [0, 0.05) is 5.02 Å². The summed E-state index contributed by atoms with van der Waals surface area (Å²) in [5.41, 5.74) is -0.244. The lowest BCUT2D eigenvalue weighted by atomic mass is 9.79. The molecule has 15 heavy (non-hydrogen) atoms. The lowest BCUT2D eigenvalue weighted by molar-refractivity contribution is -0.142. The summed E-state index contributed by atoms with van der Waals surface area (Å²) < 4.78 is 4.84. The van der Waals surface area contributed by atoms with E-state index in [4.69, 9.17) is 16.3 Å². The van der Waals surface area contributed by atoms with Crippen LogP contribution >= 0.6 is 11.6 Å². The summed E-state index contributed by atoms with van der Waals surface area (Å²) in [5, 5.41) is 10.4. The molecule has 1 unspecified atom stereocenters. The molecule has 1 aromatic rings. The molecule has 4 heteroatoms. The number of halogens is 1. The Morgan fingerprint density at radius 1 is 1.47 bits per heavy atom. The van der Waals surface area contributed by atoms with Crippen LogP contribution in [0.3, 0.4) is 0 Å². The Labute approximate surface area is 92.6 Å². The summed E-state index contributed by atoms with van der Waals surface area (Å²) in [7, 11) is 0. The predicted octanol–water partition coefficient (Wildman–Crippen LogP) is 1.52. The third-order valence-corrected chi connectivity index (χ3v) is 3.16. The first kappa shape index (κ1) is 10.5. The Kier molecular flexibility index (Phi) is 2.44. The van der Waals surface area contributed by atoms with Crippen LogP contribution in [0.1, 0.15) is 12.5 Å². The van der Waals surface area contributed by atoms with Crippen LogP contribution in [0.15, 0.2) is 24.3 Å². The number of cyclic esters (lactones) is 1. The minimum absolute atomic E-state index is 0.0535. The van der Waals surface area contributed by atoms with Crippen LogP contribution in [0.25, 0.3) is 0 Å². The highest BCUT2D eigenvalue weighted by atomic mass is 35.5. The molecule has 2 atom stereocenters. The first-order valence-corrected chi connectivity index (χ1v) is 5.04. The van der Waals surface area contributed by atoms with Crippen LogP contribution in [0.2, 0.25) is 5.02 Å². The normalized spacial score (nSPS) is 30.3. The number of ether oxygens (including phenoxy) is 1. The number of carbonyl (C=O) groups excluding carboxylic acids is 1. The zero-order valence-corrected chi connectivity index (χ0v) is 8.99. The van der Waals surface area contributed by atoms with E-state index in [2.05, 4.69) is 0 Å². The van der Waals surface area contributed by atoms with Crippen molar-refractivity contribution < 1.29 is 14.6 Å². The Hall–Kier alpha value is -1.06. The van der Waals surface area contributed by atoms with Gasteiger partial charge in [-0.3, -0.25) is 4.79 Å². The highest BCUT2D eigenvalue weighted by molar-refractivity contribution is 6.30. The highest BCUT2D eigenvalue weighted by Gasteiger charge is 2.49. The summed E-state index contributed by atoms with van der Waals surface area (Å²) in [5.74, 6) is -0.391. The van der Waals surface area contributed by atoms with Gasteiger partial charge in [-0.05, 0) is 24.6 Å². The molecule has 0 saturated carbocycles. The van der Waals surface area contributed by atoms with Crippen molar-refractivity contribution in [3.8, 4) is 0 Å².